The van der Waals surface area contributed by atoms with E-state index >= 15 is 4.39 Å². The Morgan fingerprint density at radius 2 is 1.59 bits per heavy atom. The number of ketones is 2. The molecule has 0 radical (unpaired) electrons. The van der Waals surface area contributed by atoms with E-state index in [1.807, 2.05) is 59.5 Å². The zero-order chi connectivity index (χ0) is 28.3. The highest BCUT2D eigenvalue weighted by Crippen LogP contribution is 2.58. The molecule has 1 N–H and O–H groups in total. The Kier molecular flexibility index (Phi) is 5.64. The number of para-hydroxylation sites is 2. The average Bonchev–Trinajstić information content (AvgIpc) is 3.49. The zero-order valence-electron chi connectivity index (χ0n) is 22.1. The van der Waals surface area contributed by atoms with Crippen molar-refractivity contribution in [3.05, 3.63) is 131 Å². The van der Waals surface area contributed by atoms with Gasteiger partial charge in [0.05, 0.1) is 24.6 Å². The molecule has 3 aliphatic rings. The Morgan fingerprint density at radius 1 is 0.878 bits per heavy atom. The predicted octanol–water partition coefficient (Wildman–Crippen LogP) is 5.69. The van der Waals surface area contributed by atoms with Crippen LogP contribution in [0.15, 0.2) is 103 Å². The van der Waals surface area contributed by atoms with E-state index in [-0.39, 0.29) is 17.3 Å². The van der Waals surface area contributed by atoms with Crippen LogP contribution in [-0.4, -0.2) is 36.7 Å². The molecule has 7 rings (SSSR count). The summed E-state index contributed by atoms with van der Waals surface area (Å²) in [4.78, 5) is 45.4. The highest BCUT2D eigenvalue weighted by molar-refractivity contribution is 6.18. The Balaban J connectivity index is 1.53. The van der Waals surface area contributed by atoms with Crippen LogP contribution in [-0.2, 0) is 10.2 Å². The Morgan fingerprint density at radius 3 is 2.37 bits per heavy atom. The van der Waals surface area contributed by atoms with Crippen LogP contribution in [0.2, 0.25) is 0 Å². The molecule has 4 aromatic rings. The summed E-state index contributed by atoms with van der Waals surface area (Å²) >= 11 is 0. The summed E-state index contributed by atoms with van der Waals surface area (Å²) in [5, 5.41) is 3.00. The zero-order valence-corrected chi connectivity index (χ0v) is 22.1. The van der Waals surface area contributed by atoms with Gasteiger partial charge in [-0.15, -0.1) is 0 Å². The third kappa shape index (κ3) is 3.45. The molecule has 0 aromatic heterocycles. The van der Waals surface area contributed by atoms with Crippen LogP contribution in [0.5, 0.6) is 5.75 Å². The van der Waals surface area contributed by atoms with Crippen LogP contribution >= 0.6 is 0 Å². The van der Waals surface area contributed by atoms with Crippen molar-refractivity contribution in [1.29, 1.82) is 0 Å². The third-order valence-electron chi connectivity index (χ3n) is 8.61. The number of methoxy groups -OCH3 is 1. The van der Waals surface area contributed by atoms with Gasteiger partial charge in [0.2, 0.25) is 5.91 Å². The van der Waals surface area contributed by atoms with Gasteiger partial charge < -0.3 is 15.0 Å². The fourth-order valence-corrected chi connectivity index (χ4v) is 6.87. The molecular formula is C34H25FN2O4. The molecule has 3 aliphatic heterocycles. The lowest BCUT2D eigenvalue weighted by Crippen LogP contribution is -2.51. The second kappa shape index (κ2) is 9.27. The lowest BCUT2D eigenvalue weighted by atomic mass is 9.64. The molecule has 4 atom stereocenters. The van der Waals surface area contributed by atoms with Crippen LogP contribution in [0, 0.1) is 11.7 Å². The normalized spacial score (nSPS) is 23.5. The lowest BCUT2D eigenvalue weighted by molar-refractivity contribution is -0.121. The molecule has 1 saturated heterocycles. The van der Waals surface area contributed by atoms with Crippen molar-refractivity contribution in [1.82, 2.24) is 0 Å². The third-order valence-corrected chi connectivity index (χ3v) is 8.61. The first-order valence-electron chi connectivity index (χ1n) is 13.4. The molecular weight excluding hydrogens is 519 g/mol. The monoisotopic (exact) mass is 544 g/mol. The van der Waals surface area contributed by atoms with Gasteiger partial charge >= 0.3 is 0 Å². The van der Waals surface area contributed by atoms with Crippen LogP contribution in [0.1, 0.15) is 31.8 Å². The van der Waals surface area contributed by atoms with Crippen molar-refractivity contribution in [2.75, 3.05) is 17.3 Å². The second-order valence-corrected chi connectivity index (χ2v) is 10.5. The number of hydrogen-bond donors (Lipinski definition) is 1. The van der Waals surface area contributed by atoms with Crippen LogP contribution in [0.4, 0.5) is 15.8 Å². The fraction of sp³-hybridized carbons (Fsp3) is 0.147. The minimum Gasteiger partial charge on any atom is -0.497 e. The summed E-state index contributed by atoms with van der Waals surface area (Å²) < 4.78 is 20.5. The van der Waals surface area contributed by atoms with Crippen molar-refractivity contribution < 1.29 is 23.5 Å². The van der Waals surface area contributed by atoms with Crippen molar-refractivity contribution in [3.8, 4) is 5.75 Å². The van der Waals surface area contributed by atoms with E-state index in [2.05, 4.69) is 5.32 Å². The number of nitrogens with zero attached hydrogens (tertiary/aromatic N) is 1. The fourth-order valence-electron chi connectivity index (χ4n) is 6.87. The smallest absolute Gasteiger partial charge is 0.238 e. The van der Waals surface area contributed by atoms with Gasteiger partial charge in [-0.2, -0.15) is 0 Å². The highest BCUT2D eigenvalue weighted by atomic mass is 19.1. The SMILES string of the molecule is COc1ccc(C(=O)[C@@H]2[C@H](C(=O)c3ccccc3F)N3c4ccccc4C=C[C@@H]3[C@@]23C(=O)Nc2ccccc23)cc1. The molecule has 3 heterocycles. The maximum absolute atomic E-state index is 15.2. The van der Waals surface area contributed by atoms with Gasteiger partial charge in [0.15, 0.2) is 11.6 Å². The standard InChI is InChI=1S/C34H25FN2O4/c1-41-22-17-14-21(15-18-22)31(38)29-30(32(39)23-9-3-5-11-25(23)35)37-27-13-7-2-8-20(27)16-19-28(37)34(29)24-10-4-6-12-26(24)36-33(34)40/h2-19,28-30H,1H3,(H,36,40)/t28-,29+,30-,34-/m1/s1. The van der Waals surface area contributed by atoms with Gasteiger partial charge in [0.1, 0.15) is 23.0 Å². The first-order valence-corrected chi connectivity index (χ1v) is 13.4. The number of halogens is 1. The number of amides is 1. The summed E-state index contributed by atoms with van der Waals surface area (Å²) in [7, 11) is 1.54. The van der Waals surface area contributed by atoms with E-state index in [0.717, 1.165) is 5.56 Å². The molecule has 1 spiro atoms. The number of nitrogens with one attached hydrogen (secondary N) is 1. The van der Waals surface area contributed by atoms with Crippen LogP contribution in [0.3, 0.4) is 0 Å². The minimum atomic E-state index is -1.46. The molecule has 1 fully saturated rings. The van der Waals surface area contributed by atoms with E-state index in [0.29, 0.717) is 28.3 Å². The number of benzene rings is 4. The van der Waals surface area contributed by atoms with Gasteiger partial charge in [-0.05, 0) is 59.7 Å². The molecule has 0 unspecified atom stereocenters. The van der Waals surface area contributed by atoms with Crippen molar-refractivity contribution in [3.63, 3.8) is 0 Å². The van der Waals surface area contributed by atoms with Gasteiger partial charge in [-0.1, -0.05) is 60.7 Å². The number of ether oxygens (including phenoxy) is 1. The van der Waals surface area contributed by atoms with Gasteiger partial charge in [-0.25, -0.2) is 4.39 Å². The van der Waals surface area contributed by atoms with Crippen LogP contribution < -0.4 is 15.0 Å². The number of hydrogen-bond acceptors (Lipinski definition) is 5. The van der Waals surface area contributed by atoms with Gasteiger partial charge in [0.25, 0.3) is 0 Å². The molecule has 202 valence electrons. The number of anilines is 2. The van der Waals surface area contributed by atoms with Gasteiger partial charge in [-0.3, -0.25) is 14.4 Å². The summed E-state index contributed by atoms with van der Waals surface area (Å²) in [6, 6.07) is 25.4. The summed E-state index contributed by atoms with van der Waals surface area (Å²) in [5.41, 5.74) is 1.53. The number of Topliss-reactive ketones (excluding diaryl/α,β-unsaturated/α-hetero) is 2. The lowest BCUT2D eigenvalue weighted by Gasteiger charge is -2.37. The quantitative estimate of drug-likeness (QED) is 0.327. The van der Waals surface area contributed by atoms with E-state index in [4.69, 9.17) is 4.74 Å². The minimum absolute atomic E-state index is 0.125. The molecule has 6 nitrogen and oxygen atoms in total. The Bertz CT molecular complexity index is 1760. The molecule has 41 heavy (non-hydrogen) atoms. The number of rotatable bonds is 5. The highest BCUT2D eigenvalue weighted by Gasteiger charge is 2.70. The maximum Gasteiger partial charge on any atom is 0.238 e. The maximum atomic E-state index is 15.2. The number of carbonyl (C=O) groups excluding carboxylic acids is 3. The van der Waals surface area contributed by atoms with Crippen LogP contribution in [0.25, 0.3) is 6.08 Å². The number of carbonyl (C=O) groups is 3. The summed E-state index contributed by atoms with van der Waals surface area (Å²) in [6.45, 7) is 0. The average molecular weight is 545 g/mol. The Hall–Kier alpha value is -5.04. The van der Waals surface area contributed by atoms with E-state index in [1.54, 1.807) is 36.4 Å². The van der Waals surface area contributed by atoms with E-state index < -0.39 is 35.0 Å². The molecule has 1 amide bonds. The second-order valence-electron chi connectivity index (χ2n) is 10.5. The van der Waals surface area contributed by atoms with Crippen molar-refractivity contribution in [2.24, 2.45) is 5.92 Å². The topological polar surface area (TPSA) is 75.7 Å². The molecule has 4 aromatic carbocycles. The first-order chi connectivity index (χ1) is 20.0. The first kappa shape index (κ1) is 25.0. The van der Waals surface area contributed by atoms with E-state index in [1.165, 1.54) is 25.3 Å². The van der Waals surface area contributed by atoms with Gasteiger partial charge in [0, 0.05) is 16.9 Å². The van der Waals surface area contributed by atoms with E-state index in [9.17, 15) is 14.4 Å². The molecule has 7 heteroatoms. The Labute approximate surface area is 236 Å². The predicted molar refractivity (Wildman–Crippen MR) is 154 cm³/mol. The molecule has 0 aliphatic carbocycles. The number of fused-ring (bicyclic) bond motifs is 6. The molecule has 0 saturated carbocycles. The van der Waals surface area contributed by atoms with Crippen molar-refractivity contribution in [2.45, 2.75) is 17.5 Å². The summed E-state index contributed by atoms with van der Waals surface area (Å²) in [6.07, 6.45) is 3.82. The van der Waals surface area contributed by atoms with Crippen molar-refractivity contribution >= 4 is 34.9 Å². The largest absolute Gasteiger partial charge is 0.497 e. The summed E-state index contributed by atoms with van der Waals surface area (Å²) in [5.74, 6) is -2.59. The molecule has 0 bridgehead atoms.